The van der Waals surface area contributed by atoms with E-state index in [-0.39, 0.29) is 5.91 Å². The van der Waals surface area contributed by atoms with Crippen molar-refractivity contribution < 1.29 is 9.53 Å². The van der Waals surface area contributed by atoms with E-state index in [0.717, 1.165) is 60.1 Å². The Bertz CT molecular complexity index is 1280. The summed E-state index contributed by atoms with van der Waals surface area (Å²) in [6.07, 6.45) is 7.03. The normalized spacial score (nSPS) is 17.0. The van der Waals surface area contributed by atoms with Gasteiger partial charge in [0.05, 0.1) is 11.1 Å². The fourth-order valence-electron chi connectivity index (χ4n) is 5.26. The molecular formula is C27H36N4O2Si. The van der Waals surface area contributed by atoms with Gasteiger partial charge in [-0.15, -0.1) is 6.58 Å². The average molecular weight is 477 g/mol. The van der Waals surface area contributed by atoms with Gasteiger partial charge in [0, 0.05) is 44.0 Å². The van der Waals surface area contributed by atoms with Crippen LogP contribution in [-0.4, -0.2) is 41.9 Å². The molecule has 3 heterocycles. The molecule has 0 fully saturated rings. The third kappa shape index (κ3) is 3.84. The molecule has 0 spiro atoms. The van der Waals surface area contributed by atoms with Gasteiger partial charge in [0.1, 0.15) is 12.4 Å². The highest BCUT2D eigenvalue weighted by molar-refractivity contribution is 6.76. The van der Waals surface area contributed by atoms with Crippen molar-refractivity contribution in [3.05, 3.63) is 47.7 Å². The van der Waals surface area contributed by atoms with Gasteiger partial charge in [0.25, 0.3) is 0 Å². The molecular weight excluding hydrogens is 440 g/mol. The SMILES string of the molecule is C=CCN1C(=O)C(C)(C)c2cc3[nH]c4c(c3cc21)CCCc1cn(COCC[Si](C)(C)C)nc1-4. The number of hydrogen-bond acceptors (Lipinski definition) is 3. The molecule has 0 atom stereocenters. The molecule has 7 heteroatoms. The van der Waals surface area contributed by atoms with Gasteiger partial charge in [-0.25, -0.2) is 4.68 Å². The zero-order chi connectivity index (χ0) is 24.3. The molecule has 0 radical (unpaired) electrons. The van der Waals surface area contributed by atoms with E-state index in [1.54, 1.807) is 6.08 Å². The third-order valence-electron chi connectivity index (χ3n) is 7.25. The first-order valence-corrected chi connectivity index (χ1v) is 16.1. The van der Waals surface area contributed by atoms with Gasteiger partial charge in [0.15, 0.2) is 0 Å². The molecule has 34 heavy (non-hydrogen) atoms. The molecule has 5 rings (SSSR count). The van der Waals surface area contributed by atoms with Gasteiger partial charge >= 0.3 is 0 Å². The van der Waals surface area contributed by atoms with Crippen LogP contribution in [0, 0.1) is 0 Å². The lowest BCUT2D eigenvalue weighted by molar-refractivity contribution is -0.121. The highest BCUT2D eigenvalue weighted by Gasteiger charge is 2.44. The minimum absolute atomic E-state index is 0.135. The number of nitrogens with zero attached hydrogens (tertiary/aromatic N) is 3. The highest BCUT2D eigenvalue weighted by Crippen LogP contribution is 2.46. The lowest BCUT2D eigenvalue weighted by Crippen LogP contribution is -2.36. The molecule has 1 N–H and O–H groups in total. The van der Waals surface area contributed by atoms with Crippen LogP contribution >= 0.6 is 0 Å². The minimum atomic E-state index is -1.10. The maximum absolute atomic E-state index is 13.1. The zero-order valence-corrected chi connectivity index (χ0v) is 22.1. The van der Waals surface area contributed by atoms with Gasteiger partial charge < -0.3 is 14.6 Å². The van der Waals surface area contributed by atoms with Crippen LogP contribution in [0.25, 0.3) is 22.3 Å². The number of nitrogens with one attached hydrogen (secondary N) is 1. The van der Waals surface area contributed by atoms with E-state index in [1.165, 1.54) is 16.5 Å². The quantitative estimate of drug-likeness (QED) is 0.273. The summed E-state index contributed by atoms with van der Waals surface area (Å²) in [5.41, 5.74) is 7.35. The maximum Gasteiger partial charge on any atom is 0.237 e. The molecule has 3 aromatic rings. The van der Waals surface area contributed by atoms with Crippen molar-refractivity contribution in [1.82, 2.24) is 14.8 Å². The summed E-state index contributed by atoms with van der Waals surface area (Å²) in [5, 5.41) is 6.14. The first-order chi connectivity index (χ1) is 16.1. The van der Waals surface area contributed by atoms with E-state index < -0.39 is 13.5 Å². The Labute approximate surface area is 203 Å². The average Bonchev–Trinajstić information content (AvgIpc) is 3.34. The molecule has 1 aromatic carbocycles. The standard InChI is InChI=1S/C27H36N4O2Si/c1-7-11-31-23-14-20-19-10-8-9-18-16-30(17-33-12-13-34(4,5)6)29-24(18)25(19)28-22(20)15-21(23)27(2,3)26(31)32/h7,14-16,28H,1,8-13,17H2,2-6H3. The Kier molecular flexibility index (Phi) is 5.60. The first kappa shape index (κ1) is 23.1. The van der Waals surface area contributed by atoms with Gasteiger partial charge in [-0.3, -0.25) is 4.79 Å². The second kappa shape index (κ2) is 8.24. The smallest absolute Gasteiger partial charge is 0.237 e. The first-order valence-electron chi connectivity index (χ1n) is 12.4. The predicted octanol–water partition coefficient (Wildman–Crippen LogP) is 5.64. The summed E-state index contributed by atoms with van der Waals surface area (Å²) in [6.45, 7) is 16.8. The number of rotatable bonds is 7. The number of H-pyrrole nitrogens is 1. The molecule has 2 aliphatic rings. The highest BCUT2D eigenvalue weighted by atomic mass is 28.3. The summed E-state index contributed by atoms with van der Waals surface area (Å²) >= 11 is 0. The van der Waals surface area contributed by atoms with Crippen molar-refractivity contribution in [1.29, 1.82) is 0 Å². The minimum Gasteiger partial charge on any atom is -0.360 e. The van der Waals surface area contributed by atoms with E-state index in [2.05, 4.69) is 49.5 Å². The van der Waals surface area contributed by atoms with Crippen LogP contribution in [0.1, 0.15) is 37.0 Å². The van der Waals surface area contributed by atoms with Crippen molar-refractivity contribution in [3.63, 3.8) is 0 Å². The monoisotopic (exact) mass is 476 g/mol. The van der Waals surface area contributed by atoms with E-state index in [9.17, 15) is 4.79 Å². The Morgan fingerprint density at radius 3 is 2.79 bits per heavy atom. The zero-order valence-electron chi connectivity index (χ0n) is 21.1. The summed E-state index contributed by atoms with van der Waals surface area (Å²) in [4.78, 5) is 18.6. The molecule has 0 saturated carbocycles. The van der Waals surface area contributed by atoms with Gasteiger partial charge in [0.2, 0.25) is 5.91 Å². The molecule has 0 bridgehead atoms. The number of fused-ring (bicyclic) bond motifs is 6. The molecule has 180 valence electrons. The van der Waals surface area contributed by atoms with Gasteiger partial charge in [-0.2, -0.15) is 5.10 Å². The van der Waals surface area contributed by atoms with E-state index in [0.29, 0.717) is 13.3 Å². The van der Waals surface area contributed by atoms with Crippen LogP contribution in [0.2, 0.25) is 25.7 Å². The number of carbonyl (C=O) groups is 1. The van der Waals surface area contributed by atoms with E-state index in [4.69, 9.17) is 9.84 Å². The third-order valence-corrected chi connectivity index (χ3v) is 8.95. The summed E-state index contributed by atoms with van der Waals surface area (Å²) in [7, 11) is -1.10. The van der Waals surface area contributed by atoms with Crippen molar-refractivity contribution >= 4 is 30.6 Å². The molecule has 1 aliphatic heterocycles. The Hall–Kier alpha value is -2.64. The van der Waals surface area contributed by atoms with Gasteiger partial charge in [-0.05, 0) is 68.0 Å². The molecule has 0 unspecified atom stereocenters. The van der Waals surface area contributed by atoms with Crippen molar-refractivity contribution in [2.75, 3.05) is 18.1 Å². The van der Waals surface area contributed by atoms with Crippen LogP contribution in [0.3, 0.4) is 0 Å². The van der Waals surface area contributed by atoms with Crippen LogP contribution in [0.4, 0.5) is 5.69 Å². The number of ether oxygens (including phenoxy) is 1. The molecule has 6 nitrogen and oxygen atoms in total. The topological polar surface area (TPSA) is 63.2 Å². The number of aromatic nitrogens is 3. The lowest BCUT2D eigenvalue weighted by atomic mass is 9.85. The molecule has 1 amide bonds. The van der Waals surface area contributed by atoms with Crippen LogP contribution < -0.4 is 4.90 Å². The number of aryl methyl sites for hydroxylation is 2. The number of aromatic amines is 1. The predicted molar refractivity (Wildman–Crippen MR) is 141 cm³/mol. The Balaban J connectivity index is 1.51. The lowest BCUT2D eigenvalue weighted by Gasteiger charge is -2.18. The summed E-state index contributed by atoms with van der Waals surface area (Å²) in [6, 6.07) is 5.54. The Morgan fingerprint density at radius 1 is 1.26 bits per heavy atom. The van der Waals surface area contributed by atoms with Crippen molar-refractivity contribution in [3.8, 4) is 11.4 Å². The largest absolute Gasteiger partial charge is 0.360 e. The van der Waals surface area contributed by atoms with Crippen LogP contribution in [-0.2, 0) is 34.5 Å². The van der Waals surface area contributed by atoms with E-state index in [1.807, 2.05) is 23.4 Å². The molecule has 1 aliphatic carbocycles. The second-order valence-electron chi connectivity index (χ2n) is 11.5. The summed E-state index contributed by atoms with van der Waals surface area (Å²) < 4.78 is 7.90. The number of carbonyl (C=O) groups excluding carboxylic acids is 1. The second-order valence-corrected chi connectivity index (χ2v) is 17.1. The fourth-order valence-corrected chi connectivity index (χ4v) is 6.02. The van der Waals surface area contributed by atoms with Crippen LogP contribution in [0.15, 0.2) is 31.0 Å². The maximum atomic E-state index is 13.1. The number of anilines is 1. The number of hydrogen-bond donors (Lipinski definition) is 1. The fraction of sp³-hybridized carbons (Fsp3) is 0.481. The van der Waals surface area contributed by atoms with E-state index >= 15 is 0 Å². The van der Waals surface area contributed by atoms with Crippen LogP contribution in [0.5, 0.6) is 0 Å². The molecule has 2 aromatic heterocycles. The van der Waals surface area contributed by atoms with Gasteiger partial charge in [-0.1, -0.05) is 25.7 Å². The number of benzene rings is 1. The van der Waals surface area contributed by atoms with Crippen molar-refractivity contribution in [2.45, 2.75) is 70.9 Å². The van der Waals surface area contributed by atoms with Crippen molar-refractivity contribution in [2.24, 2.45) is 0 Å². The summed E-state index contributed by atoms with van der Waals surface area (Å²) in [5.74, 6) is 0.135. The number of amides is 1. The Morgan fingerprint density at radius 2 is 2.06 bits per heavy atom. The molecule has 0 saturated heterocycles.